The summed E-state index contributed by atoms with van der Waals surface area (Å²) in [6.45, 7) is 12.5. The second-order valence-electron chi connectivity index (χ2n) is 13.7. The van der Waals surface area contributed by atoms with E-state index < -0.39 is 0 Å². The highest BCUT2D eigenvalue weighted by Gasteiger charge is 2.58. The Morgan fingerprint density at radius 1 is 0.917 bits per heavy atom. The number of esters is 1. The van der Waals surface area contributed by atoms with E-state index in [4.69, 9.17) is 4.74 Å². The van der Waals surface area contributed by atoms with Crippen molar-refractivity contribution in [3.05, 3.63) is 11.6 Å². The van der Waals surface area contributed by atoms with Crippen LogP contribution < -0.4 is 0 Å². The summed E-state index contributed by atoms with van der Waals surface area (Å²) in [6.07, 6.45) is 27.2. The summed E-state index contributed by atoms with van der Waals surface area (Å²) in [4.78, 5) is 13.5. The summed E-state index contributed by atoms with van der Waals surface area (Å²) >= 11 is 0. The molecule has 3 rings (SSSR count). The number of rotatable bonds is 15. The number of carbonyl (C=O) groups is 1. The van der Waals surface area contributed by atoms with E-state index >= 15 is 0 Å². The van der Waals surface area contributed by atoms with Crippen LogP contribution in [0.5, 0.6) is 0 Å². The van der Waals surface area contributed by atoms with E-state index in [2.05, 4.69) is 40.7 Å². The summed E-state index contributed by atoms with van der Waals surface area (Å²) < 4.78 is 6.00. The van der Waals surface area contributed by atoms with Gasteiger partial charge < -0.3 is 4.74 Å². The Bertz CT molecular complexity index is 693. The van der Waals surface area contributed by atoms with Crippen molar-refractivity contribution < 1.29 is 9.53 Å². The SMILES string of the molecule is CCCCCCCCCCCCCCOC(=O)[C@]1(C)CCC[C@@]2(C)C1CC=C1CC(C(C)C)CC[C@@H]12. The second kappa shape index (κ2) is 14.4. The van der Waals surface area contributed by atoms with Crippen LogP contribution in [-0.2, 0) is 9.53 Å². The normalized spacial score (nSPS) is 32.1. The van der Waals surface area contributed by atoms with Gasteiger partial charge in [-0.1, -0.05) is 116 Å². The van der Waals surface area contributed by atoms with E-state index in [1.54, 1.807) is 5.57 Å². The van der Waals surface area contributed by atoms with Gasteiger partial charge in [0.2, 0.25) is 0 Å². The van der Waals surface area contributed by atoms with Crippen LogP contribution in [0, 0.1) is 34.5 Å². The first-order valence-electron chi connectivity index (χ1n) is 16.2. The molecule has 0 heterocycles. The molecule has 2 fully saturated rings. The van der Waals surface area contributed by atoms with Gasteiger partial charge in [0.25, 0.3) is 0 Å². The van der Waals surface area contributed by atoms with Gasteiger partial charge in [-0.15, -0.1) is 0 Å². The number of hydrogen-bond donors (Lipinski definition) is 0. The maximum Gasteiger partial charge on any atom is 0.312 e. The molecule has 208 valence electrons. The van der Waals surface area contributed by atoms with E-state index in [0.29, 0.717) is 18.4 Å². The van der Waals surface area contributed by atoms with Gasteiger partial charge in [-0.2, -0.15) is 0 Å². The molecule has 2 nitrogen and oxygen atoms in total. The lowest BCUT2D eigenvalue weighted by molar-refractivity contribution is -0.170. The molecular weight excluding hydrogens is 440 g/mol. The predicted octanol–water partition coefficient (Wildman–Crippen LogP) is 10.4. The maximum absolute atomic E-state index is 13.5. The van der Waals surface area contributed by atoms with Crippen molar-refractivity contribution in [2.24, 2.45) is 34.5 Å². The lowest BCUT2D eigenvalue weighted by atomic mass is 9.46. The van der Waals surface area contributed by atoms with Crippen molar-refractivity contribution in [2.75, 3.05) is 6.61 Å². The zero-order chi connectivity index (χ0) is 26.0. The third-order valence-corrected chi connectivity index (χ3v) is 10.8. The van der Waals surface area contributed by atoms with Crippen molar-refractivity contribution in [3.63, 3.8) is 0 Å². The van der Waals surface area contributed by atoms with Crippen LogP contribution in [0.2, 0.25) is 0 Å². The first kappa shape index (κ1) is 29.8. The number of ether oxygens (including phenoxy) is 1. The van der Waals surface area contributed by atoms with Crippen molar-refractivity contribution in [3.8, 4) is 0 Å². The van der Waals surface area contributed by atoms with Gasteiger partial charge in [0, 0.05) is 0 Å². The largest absolute Gasteiger partial charge is 0.465 e. The molecule has 36 heavy (non-hydrogen) atoms. The fourth-order valence-corrected chi connectivity index (χ4v) is 8.31. The van der Waals surface area contributed by atoms with E-state index in [9.17, 15) is 4.79 Å². The maximum atomic E-state index is 13.5. The third kappa shape index (κ3) is 7.41. The minimum Gasteiger partial charge on any atom is -0.465 e. The molecule has 2 unspecified atom stereocenters. The van der Waals surface area contributed by atoms with Gasteiger partial charge in [0.05, 0.1) is 12.0 Å². The Kier molecular flexibility index (Phi) is 11.9. The van der Waals surface area contributed by atoms with Crippen molar-refractivity contribution >= 4 is 5.97 Å². The monoisotopic (exact) mass is 500 g/mol. The van der Waals surface area contributed by atoms with Crippen molar-refractivity contribution in [1.82, 2.24) is 0 Å². The van der Waals surface area contributed by atoms with Gasteiger partial charge in [-0.25, -0.2) is 0 Å². The molecule has 0 amide bonds. The first-order chi connectivity index (χ1) is 17.3. The van der Waals surface area contributed by atoms with Crippen molar-refractivity contribution in [2.45, 2.75) is 157 Å². The summed E-state index contributed by atoms with van der Waals surface area (Å²) in [5.41, 5.74) is 1.70. The molecule has 0 N–H and O–H groups in total. The Balaban J connectivity index is 1.38. The lowest BCUT2D eigenvalue weighted by Crippen LogP contribution is -2.54. The fourth-order valence-electron chi connectivity index (χ4n) is 8.31. The Morgan fingerprint density at radius 2 is 1.53 bits per heavy atom. The molecule has 0 saturated heterocycles. The molecule has 0 aromatic carbocycles. The average molecular weight is 501 g/mol. The van der Waals surface area contributed by atoms with Gasteiger partial charge >= 0.3 is 5.97 Å². The third-order valence-electron chi connectivity index (χ3n) is 10.8. The Hall–Kier alpha value is -0.790. The smallest absolute Gasteiger partial charge is 0.312 e. The zero-order valence-corrected chi connectivity index (χ0v) is 24.8. The highest BCUT2D eigenvalue weighted by molar-refractivity contribution is 5.77. The van der Waals surface area contributed by atoms with E-state index in [-0.39, 0.29) is 16.8 Å². The number of hydrogen-bond acceptors (Lipinski definition) is 2. The molecule has 2 heteroatoms. The molecule has 0 spiro atoms. The summed E-state index contributed by atoms with van der Waals surface area (Å²) in [5, 5.41) is 0. The predicted molar refractivity (Wildman–Crippen MR) is 154 cm³/mol. The molecule has 0 aromatic heterocycles. The molecule has 0 radical (unpaired) electrons. The zero-order valence-electron chi connectivity index (χ0n) is 24.8. The molecular formula is C34H60O2. The minimum absolute atomic E-state index is 0.106. The summed E-state index contributed by atoms with van der Waals surface area (Å²) in [5.74, 6) is 2.87. The highest BCUT2D eigenvalue weighted by atomic mass is 16.5. The number of fused-ring (bicyclic) bond motifs is 3. The number of carbonyl (C=O) groups excluding carboxylic acids is 1. The highest BCUT2D eigenvalue weighted by Crippen LogP contribution is 2.63. The lowest BCUT2D eigenvalue weighted by Gasteiger charge is -2.58. The second-order valence-corrected chi connectivity index (χ2v) is 13.7. The van der Waals surface area contributed by atoms with Crippen LogP contribution >= 0.6 is 0 Å². The quantitative estimate of drug-likeness (QED) is 0.127. The topological polar surface area (TPSA) is 26.3 Å². The Morgan fingerprint density at radius 3 is 2.14 bits per heavy atom. The molecule has 0 bridgehead atoms. The Labute approximate surface area is 224 Å². The van der Waals surface area contributed by atoms with Crippen LogP contribution in [0.15, 0.2) is 11.6 Å². The molecule has 2 saturated carbocycles. The van der Waals surface area contributed by atoms with Crippen LogP contribution in [0.4, 0.5) is 0 Å². The van der Waals surface area contributed by atoms with Crippen LogP contribution in [0.1, 0.15) is 157 Å². The summed E-state index contributed by atoms with van der Waals surface area (Å²) in [6, 6.07) is 0. The number of allylic oxidation sites excluding steroid dienone is 2. The molecule has 0 aliphatic heterocycles. The molecule has 0 aromatic rings. The van der Waals surface area contributed by atoms with Gasteiger partial charge in [-0.05, 0) is 81.0 Å². The van der Waals surface area contributed by atoms with Gasteiger partial charge in [-0.3, -0.25) is 4.79 Å². The van der Waals surface area contributed by atoms with Crippen LogP contribution in [0.3, 0.4) is 0 Å². The van der Waals surface area contributed by atoms with Crippen molar-refractivity contribution in [1.29, 1.82) is 0 Å². The summed E-state index contributed by atoms with van der Waals surface area (Å²) in [7, 11) is 0. The molecule has 5 atom stereocenters. The van der Waals surface area contributed by atoms with Crippen LogP contribution in [-0.4, -0.2) is 12.6 Å². The first-order valence-corrected chi connectivity index (χ1v) is 16.2. The molecule has 3 aliphatic carbocycles. The van der Waals surface area contributed by atoms with Gasteiger partial charge in [0.1, 0.15) is 0 Å². The average Bonchev–Trinajstić information content (AvgIpc) is 2.86. The van der Waals surface area contributed by atoms with E-state index in [1.165, 1.54) is 103 Å². The van der Waals surface area contributed by atoms with Gasteiger partial charge in [0.15, 0.2) is 0 Å². The molecule has 3 aliphatic rings. The fraction of sp³-hybridized carbons (Fsp3) is 0.912. The van der Waals surface area contributed by atoms with E-state index in [0.717, 1.165) is 31.1 Å². The van der Waals surface area contributed by atoms with Crippen LogP contribution in [0.25, 0.3) is 0 Å². The number of unbranched alkanes of at least 4 members (excludes halogenated alkanes) is 11. The standard InChI is InChI=1S/C34H60O2/c1-6-7-8-9-10-11-12-13-14-15-16-17-25-36-32(35)34(5)24-18-23-33(4)30-21-19-28(27(2)3)26-29(30)20-22-31(33)34/h20,27-28,30-31H,6-19,21-26H2,1-5H3/t28?,30-,31?,33+,34+/m0/s1. The van der Waals surface area contributed by atoms with E-state index in [1.807, 2.05) is 0 Å². The minimum atomic E-state index is -0.305.